The number of para-hydroxylation sites is 1. The van der Waals surface area contributed by atoms with E-state index in [4.69, 9.17) is 9.73 Å². The second kappa shape index (κ2) is 10.6. The van der Waals surface area contributed by atoms with Crippen LogP contribution in [0.2, 0.25) is 0 Å². The normalized spacial score (nSPS) is 15.4. The Balaban J connectivity index is 1.66. The van der Waals surface area contributed by atoms with Crippen molar-refractivity contribution in [1.29, 1.82) is 0 Å². The first-order valence-electron chi connectivity index (χ1n) is 10.9. The number of hydrogen-bond acceptors (Lipinski definition) is 5. The van der Waals surface area contributed by atoms with Crippen molar-refractivity contribution < 1.29 is 13.9 Å². The summed E-state index contributed by atoms with van der Waals surface area (Å²) in [5.74, 6) is 0.795. The van der Waals surface area contributed by atoms with Crippen LogP contribution in [0.15, 0.2) is 89.1 Å². The van der Waals surface area contributed by atoms with E-state index in [1.54, 1.807) is 13.2 Å². The van der Waals surface area contributed by atoms with E-state index in [0.29, 0.717) is 22.2 Å². The summed E-state index contributed by atoms with van der Waals surface area (Å²) in [6, 6.07) is 21.2. The first kappa shape index (κ1) is 23.6. The average molecular weight is 476 g/mol. The Bertz CT molecular complexity index is 1260. The van der Waals surface area contributed by atoms with E-state index in [1.807, 2.05) is 68.4 Å². The van der Waals surface area contributed by atoms with Gasteiger partial charge in [0.25, 0.3) is 5.91 Å². The molecular formula is C27H26FN3O2S. The van der Waals surface area contributed by atoms with Crippen LogP contribution in [-0.2, 0) is 10.5 Å². The van der Waals surface area contributed by atoms with Crippen molar-refractivity contribution in [2.45, 2.75) is 25.6 Å². The number of thioether (sulfide) groups is 1. The third kappa shape index (κ3) is 5.48. The molecule has 5 nitrogen and oxygen atoms in total. The van der Waals surface area contributed by atoms with Crippen molar-refractivity contribution in [3.8, 4) is 5.75 Å². The standard InChI is InChI=1S/C27H26FN3O2S/c1-17-12-13-20(15-23(17)33-3)25-24(26(32)30-22-10-5-4-6-11-22)18(2)29-27(31-25)34-16-19-8-7-9-21(28)14-19/h4-15,25H,16H2,1-3H3,(H,29,31)(H,30,32)/t25-/m1/s1. The van der Waals surface area contributed by atoms with Crippen LogP contribution < -0.4 is 15.4 Å². The number of ether oxygens (including phenoxy) is 1. The number of aliphatic imine (C=N–C) groups is 1. The van der Waals surface area contributed by atoms with Crippen LogP contribution in [-0.4, -0.2) is 18.2 Å². The van der Waals surface area contributed by atoms with Gasteiger partial charge in [0.15, 0.2) is 5.17 Å². The summed E-state index contributed by atoms with van der Waals surface area (Å²) in [5.41, 5.74) is 4.67. The fraction of sp³-hybridized carbons (Fsp3) is 0.185. The fourth-order valence-electron chi connectivity index (χ4n) is 3.76. The largest absolute Gasteiger partial charge is 0.496 e. The van der Waals surface area contributed by atoms with Gasteiger partial charge in [0.1, 0.15) is 17.6 Å². The molecule has 0 spiro atoms. The van der Waals surface area contributed by atoms with Gasteiger partial charge in [0.05, 0.1) is 12.7 Å². The second-order valence-corrected chi connectivity index (χ2v) is 8.93. The predicted octanol–water partition coefficient (Wildman–Crippen LogP) is 5.99. The van der Waals surface area contributed by atoms with Crippen molar-refractivity contribution in [2.24, 2.45) is 4.99 Å². The number of rotatable bonds is 6. The van der Waals surface area contributed by atoms with Crippen LogP contribution in [0, 0.1) is 12.7 Å². The molecule has 34 heavy (non-hydrogen) atoms. The number of methoxy groups -OCH3 is 1. The SMILES string of the molecule is COc1cc([C@H]2N=C(SCc3cccc(F)c3)NC(C)=C2C(=O)Nc2ccccc2)ccc1C. The molecule has 7 heteroatoms. The number of carbonyl (C=O) groups is 1. The topological polar surface area (TPSA) is 62.7 Å². The number of anilines is 1. The summed E-state index contributed by atoms with van der Waals surface area (Å²) >= 11 is 1.47. The maximum atomic E-state index is 13.6. The molecule has 1 atom stereocenters. The molecule has 2 N–H and O–H groups in total. The maximum absolute atomic E-state index is 13.6. The van der Waals surface area contributed by atoms with E-state index in [2.05, 4.69) is 10.6 Å². The minimum Gasteiger partial charge on any atom is -0.496 e. The average Bonchev–Trinajstić information content (AvgIpc) is 2.83. The Morgan fingerprint density at radius 2 is 1.88 bits per heavy atom. The molecule has 0 saturated heterocycles. The number of carbonyl (C=O) groups excluding carboxylic acids is 1. The summed E-state index contributed by atoms with van der Waals surface area (Å²) in [7, 11) is 1.63. The summed E-state index contributed by atoms with van der Waals surface area (Å²) in [5, 5.41) is 6.91. The Kier molecular flexibility index (Phi) is 7.33. The number of amidine groups is 1. The molecule has 1 heterocycles. The Morgan fingerprint density at radius 1 is 1.09 bits per heavy atom. The molecule has 0 aliphatic carbocycles. The molecule has 0 aromatic heterocycles. The first-order chi connectivity index (χ1) is 16.4. The Morgan fingerprint density at radius 3 is 2.62 bits per heavy atom. The number of benzene rings is 3. The third-order valence-corrected chi connectivity index (χ3v) is 6.47. The highest BCUT2D eigenvalue weighted by Crippen LogP contribution is 2.35. The summed E-state index contributed by atoms with van der Waals surface area (Å²) in [6.07, 6.45) is 0. The van der Waals surface area contributed by atoms with Crippen molar-refractivity contribution in [2.75, 3.05) is 12.4 Å². The molecule has 0 radical (unpaired) electrons. The van der Waals surface area contributed by atoms with Crippen molar-refractivity contribution in [1.82, 2.24) is 5.32 Å². The van der Waals surface area contributed by atoms with Gasteiger partial charge >= 0.3 is 0 Å². The van der Waals surface area contributed by atoms with Crippen LogP contribution in [0.25, 0.3) is 0 Å². The first-order valence-corrected chi connectivity index (χ1v) is 11.9. The van der Waals surface area contributed by atoms with Crippen LogP contribution in [0.1, 0.15) is 29.7 Å². The van der Waals surface area contributed by atoms with Gasteiger partial charge in [-0.3, -0.25) is 4.79 Å². The minimum atomic E-state index is -0.519. The van der Waals surface area contributed by atoms with E-state index in [-0.39, 0.29) is 11.7 Å². The zero-order chi connectivity index (χ0) is 24.1. The molecule has 1 aliphatic rings. The fourth-order valence-corrected chi connectivity index (χ4v) is 4.65. The molecule has 0 bridgehead atoms. The molecular weight excluding hydrogens is 449 g/mol. The van der Waals surface area contributed by atoms with Gasteiger partial charge in [0.2, 0.25) is 0 Å². The highest BCUT2D eigenvalue weighted by molar-refractivity contribution is 8.13. The van der Waals surface area contributed by atoms with Gasteiger partial charge in [-0.25, -0.2) is 9.38 Å². The van der Waals surface area contributed by atoms with Gasteiger partial charge in [-0.1, -0.05) is 54.2 Å². The number of nitrogens with one attached hydrogen (secondary N) is 2. The lowest BCUT2D eigenvalue weighted by atomic mass is 9.94. The number of allylic oxidation sites excluding steroid dienone is 1. The smallest absolute Gasteiger partial charge is 0.255 e. The molecule has 3 aromatic carbocycles. The van der Waals surface area contributed by atoms with E-state index < -0.39 is 6.04 Å². The third-order valence-electron chi connectivity index (χ3n) is 5.51. The second-order valence-electron chi connectivity index (χ2n) is 7.97. The highest BCUT2D eigenvalue weighted by Gasteiger charge is 2.30. The molecule has 174 valence electrons. The van der Waals surface area contributed by atoms with Crippen molar-refractivity contribution in [3.63, 3.8) is 0 Å². The molecule has 4 rings (SSSR count). The van der Waals surface area contributed by atoms with E-state index in [9.17, 15) is 9.18 Å². The maximum Gasteiger partial charge on any atom is 0.255 e. The summed E-state index contributed by atoms with van der Waals surface area (Å²) in [4.78, 5) is 18.2. The van der Waals surface area contributed by atoms with Gasteiger partial charge < -0.3 is 15.4 Å². The lowest BCUT2D eigenvalue weighted by molar-refractivity contribution is -0.113. The zero-order valence-electron chi connectivity index (χ0n) is 19.3. The molecule has 1 amide bonds. The Hall–Kier alpha value is -3.58. The van der Waals surface area contributed by atoms with Gasteiger partial charge in [-0.15, -0.1) is 0 Å². The lowest BCUT2D eigenvalue weighted by Gasteiger charge is -2.27. The molecule has 0 unspecified atom stereocenters. The predicted molar refractivity (Wildman–Crippen MR) is 137 cm³/mol. The van der Waals surface area contributed by atoms with Crippen LogP contribution >= 0.6 is 11.8 Å². The lowest BCUT2D eigenvalue weighted by Crippen LogP contribution is -2.32. The quantitative estimate of drug-likeness (QED) is 0.460. The monoisotopic (exact) mass is 475 g/mol. The summed E-state index contributed by atoms with van der Waals surface area (Å²) < 4.78 is 19.1. The van der Waals surface area contributed by atoms with Crippen LogP contribution in [0.4, 0.5) is 10.1 Å². The summed E-state index contributed by atoms with van der Waals surface area (Å²) in [6.45, 7) is 3.84. The number of halogens is 1. The number of amides is 1. The van der Waals surface area contributed by atoms with Gasteiger partial charge in [0, 0.05) is 17.1 Å². The van der Waals surface area contributed by atoms with Crippen molar-refractivity contribution in [3.05, 3.63) is 107 Å². The zero-order valence-corrected chi connectivity index (χ0v) is 20.1. The molecule has 0 saturated carbocycles. The van der Waals surface area contributed by atoms with Crippen LogP contribution in [0.3, 0.4) is 0 Å². The molecule has 1 aliphatic heterocycles. The number of aryl methyl sites for hydroxylation is 1. The van der Waals surface area contributed by atoms with Crippen LogP contribution in [0.5, 0.6) is 5.75 Å². The van der Waals surface area contributed by atoms with E-state index >= 15 is 0 Å². The van der Waals surface area contributed by atoms with Gasteiger partial charge in [-0.05, 0) is 60.9 Å². The molecule has 3 aromatic rings. The van der Waals surface area contributed by atoms with Gasteiger partial charge in [-0.2, -0.15) is 0 Å². The molecule has 0 fully saturated rings. The number of nitrogens with zero attached hydrogens (tertiary/aromatic N) is 1. The van der Waals surface area contributed by atoms with Crippen molar-refractivity contribution >= 4 is 28.5 Å². The highest BCUT2D eigenvalue weighted by atomic mass is 32.2. The number of hydrogen-bond donors (Lipinski definition) is 2. The van der Waals surface area contributed by atoms with E-state index in [0.717, 1.165) is 28.1 Å². The minimum absolute atomic E-state index is 0.223. The van der Waals surface area contributed by atoms with E-state index in [1.165, 1.54) is 23.9 Å². The Labute approximate surface area is 203 Å².